The Balaban J connectivity index is 3.85. The maximum Gasteiger partial charge on any atom is 0.325 e. The molecule has 0 saturated heterocycles. The van der Waals surface area contributed by atoms with Crippen LogP contribution in [0.2, 0.25) is 0 Å². The van der Waals surface area contributed by atoms with Crippen LogP contribution in [0.15, 0.2) is 0 Å². The minimum atomic E-state index is -1.04. The highest BCUT2D eigenvalue weighted by molar-refractivity contribution is 9.10. The number of nitrogens with one attached hydrogen (secondary N) is 1. The molecule has 0 spiro atoms. The average molecular weight is 224 g/mol. The van der Waals surface area contributed by atoms with Crippen molar-refractivity contribution < 1.29 is 14.7 Å². The largest absolute Gasteiger partial charge is 0.480 e. The minimum Gasteiger partial charge on any atom is -0.480 e. The molecule has 0 aromatic rings. The van der Waals surface area contributed by atoms with Crippen LogP contribution < -0.4 is 5.32 Å². The molecule has 64 valence electrons. The predicted octanol–water partition coefficient (Wildman–Crippen LogP) is 0.359. The van der Waals surface area contributed by atoms with Gasteiger partial charge in [0.2, 0.25) is 5.91 Å². The molecule has 0 heterocycles. The van der Waals surface area contributed by atoms with E-state index in [4.69, 9.17) is 5.11 Å². The molecule has 0 aromatic heterocycles. The van der Waals surface area contributed by atoms with Gasteiger partial charge >= 0.3 is 5.97 Å². The van der Waals surface area contributed by atoms with Gasteiger partial charge in [-0.05, 0) is 13.8 Å². The number of carbonyl (C=O) groups is 2. The van der Waals surface area contributed by atoms with E-state index < -0.39 is 12.0 Å². The summed E-state index contributed by atoms with van der Waals surface area (Å²) in [7, 11) is 0. The van der Waals surface area contributed by atoms with Crippen molar-refractivity contribution in [3.05, 3.63) is 0 Å². The van der Waals surface area contributed by atoms with E-state index in [1.807, 2.05) is 0 Å². The fourth-order valence-corrected chi connectivity index (χ4v) is 0.522. The number of hydrogen-bond acceptors (Lipinski definition) is 2. The lowest BCUT2D eigenvalue weighted by Gasteiger charge is -2.09. The molecule has 0 aliphatic carbocycles. The molecule has 0 aliphatic rings. The molecule has 4 nitrogen and oxygen atoms in total. The van der Waals surface area contributed by atoms with Crippen molar-refractivity contribution in [1.29, 1.82) is 0 Å². The van der Waals surface area contributed by atoms with Crippen LogP contribution in [0.4, 0.5) is 0 Å². The van der Waals surface area contributed by atoms with Crippen LogP contribution in [0.5, 0.6) is 0 Å². The fourth-order valence-electron chi connectivity index (χ4n) is 0.390. The average Bonchev–Trinajstić information content (AvgIpc) is 1.87. The number of carboxylic acid groups (broad SMARTS) is 1. The van der Waals surface area contributed by atoms with Crippen LogP contribution in [0.25, 0.3) is 0 Å². The topological polar surface area (TPSA) is 66.4 Å². The summed E-state index contributed by atoms with van der Waals surface area (Å²) in [5.41, 5.74) is 0. The monoisotopic (exact) mass is 223 g/mol. The predicted molar refractivity (Wildman–Crippen MR) is 43.6 cm³/mol. The third-order valence-corrected chi connectivity index (χ3v) is 1.51. The first kappa shape index (κ1) is 10.4. The molecule has 2 atom stereocenters. The zero-order chi connectivity index (χ0) is 9.02. The van der Waals surface area contributed by atoms with Crippen molar-refractivity contribution in [1.82, 2.24) is 5.32 Å². The summed E-state index contributed by atoms with van der Waals surface area (Å²) < 4.78 is 0. The molecule has 2 N–H and O–H groups in total. The van der Waals surface area contributed by atoms with Gasteiger partial charge in [0.1, 0.15) is 6.04 Å². The molecule has 0 fully saturated rings. The van der Waals surface area contributed by atoms with Gasteiger partial charge in [-0.25, -0.2) is 0 Å². The minimum absolute atomic E-state index is 0.320. The maximum atomic E-state index is 10.8. The molecular weight excluding hydrogens is 214 g/mol. The number of rotatable bonds is 3. The highest BCUT2D eigenvalue weighted by Crippen LogP contribution is 1.97. The molecule has 0 aliphatic heterocycles. The molecule has 0 aromatic carbocycles. The molecule has 11 heavy (non-hydrogen) atoms. The van der Waals surface area contributed by atoms with Crippen molar-refractivity contribution >= 4 is 27.8 Å². The third-order valence-electron chi connectivity index (χ3n) is 1.09. The van der Waals surface area contributed by atoms with E-state index in [9.17, 15) is 9.59 Å². The van der Waals surface area contributed by atoms with Gasteiger partial charge in [0.25, 0.3) is 0 Å². The lowest BCUT2D eigenvalue weighted by Crippen LogP contribution is -2.41. The van der Waals surface area contributed by atoms with E-state index in [2.05, 4.69) is 21.2 Å². The van der Waals surface area contributed by atoms with E-state index in [0.717, 1.165) is 0 Å². The first-order valence-corrected chi connectivity index (χ1v) is 4.04. The van der Waals surface area contributed by atoms with Crippen molar-refractivity contribution in [2.45, 2.75) is 24.7 Å². The number of halogens is 1. The number of hydrogen-bond donors (Lipinski definition) is 2. The van der Waals surface area contributed by atoms with Crippen LogP contribution in [0, 0.1) is 0 Å². The summed E-state index contributed by atoms with van der Waals surface area (Å²) in [6.07, 6.45) is 0. The van der Waals surface area contributed by atoms with Crippen LogP contribution in [-0.2, 0) is 9.59 Å². The molecule has 0 saturated carbocycles. The van der Waals surface area contributed by atoms with E-state index in [-0.39, 0.29) is 10.7 Å². The van der Waals surface area contributed by atoms with Crippen molar-refractivity contribution in [2.24, 2.45) is 0 Å². The summed E-state index contributed by atoms with van der Waals surface area (Å²) in [4.78, 5) is 20.7. The Bertz CT molecular complexity index is 169. The summed E-state index contributed by atoms with van der Waals surface area (Å²) in [5.74, 6) is -1.36. The van der Waals surface area contributed by atoms with E-state index >= 15 is 0 Å². The Kier molecular flexibility index (Phi) is 4.10. The van der Waals surface area contributed by atoms with Crippen LogP contribution in [0.1, 0.15) is 13.8 Å². The van der Waals surface area contributed by atoms with Crippen molar-refractivity contribution in [3.63, 3.8) is 0 Å². The SMILES string of the molecule is C[C@@H](Br)C(=O)N[C@H](C)C(=O)O. The van der Waals surface area contributed by atoms with Crippen molar-refractivity contribution in [2.75, 3.05) is 0 Å². The lowest BCUT2D eigenvalue weighted by atomic mass is 10.3. The van der Waals surface area contributed by atoms with Gasteiger partial charge in [0, 0.05) is 0 Å². The zero-order valence-corrected chi connectivity index (χ0v) is 7.88. The second-order valence-electron chi connectivity index (χ2n) is 2.18. The highest BCUT2D eigenvalue weighted by Gasteiger charge is 2.16. The van der Waals surface area contributed by atoms with Crippen LogP contribution in [-0.4, -0.2) is 27.9 Å². The maximum absolute atomic E-state index is 10.8. The number of carbonyl (C=O) groups excluding carboxylic acids is 1. The first-order valence-electron chi connectivity index (χ1n) is 3.12. The van der Waals surface area contributed by atoms with Gasteiger partial charge < -0.3 is 10.4 Å². The molecule has 0 unspecified atom stereocenters. The molecule has 0 radical (unpaired) electrons. The lowest BCUT2D eigenvalue weighted by molar-refractivity contribution is -0.141. The molecule has 0 bridgehead atoms. The summed E-state index contributed by atoms with van der Waals surface area (Å²) in [6, 6.07) is -0.831. The Labute approximate surface area is 73.1 Å². The summed E-state index contributed by atoms with van der Waals surface area (Å²) >= 11 is 3.01. The third kappa shape index (κ3) is 3.98. The van der Waals surface area contributed by atoms with Gasteiger partial charge in [0.05, 0.1) is 4.83 Å². The van der Waals surface area contributed by atoms with Gasteiger partial charge in [0.15, 0.2) is 0 Å². The number of alkyl halides is 1. The Hall–Kier alpha value is -0.580. The van der Waals surface area contributed by atoms with Crippen LogP contribution >= 0.6 is 15.9 Å². The summed E-state index contributed by atoms with van der Waals surface area (Å²) in [5, 5.41) is 10.7. The number of aliphatic carboxylic acids is 1. The van der Waals surface area contributed by atoms with E-state index in [0.29, 0.717) is 0 Å². The van der Waals surface area contributed by atoms with Crippen LogP contribution in [0.3, 0.4) is 0 Å². The second kappa shape index (κ2) is 4.33. The highest BCUT2D eigenvalue weighted by atomic mass is 79.9. The second-order valence-corrected chi connectivity index (χ2v) is 3.56. The molecule has 5 heteroatoms. The zero-order valence-electron chi connectivity index (χ0n) is 6.30. The van der Waals surface area contributed by atoms with Gasteiger partial charge in [-0.3, -0.25) is 9.59 Å². The smallest absolute Gasteiger partial charge is 0.325 e. The Morgan fingerprint density at radius 3 is 2.18 bits per heavy atom. The summed E-state index contributed by atoms with van der Waals surface area (Å²) in [6.45, 7) is 3.04. The van der Waals surface area contributed by atoms with E-state index in [1.165, 1.54) is 6.92 Å². The van der Waals surface area contributed by atoms with Gasteiger partial charge in [-0.15, -0.1) is 0 Å². The standard InChI is InChI=1S/C6H10BrNO3/c1-3(7)5(9)8-4(2)6(10)11/h3-4H,1-2H3,(H,8,9)(H,10,11)/t3-,4-/m1/s1. The van der Waals surface area contributed by atoms with Gasteiger partial charge in [-0.2, -0.15) is 0 Å². The Morgan fingerprint density at radius 1 is 1.45 bits per heavy atom. The fraction of sp³-hybridized carbons (Fsp3) is 0.667. The normalized spacial score (nSPS) is 15.2. The quantitative estimate of drug-likeness (QED) is 0.680. The Morgan fingerprint density at radius 2 is 1.91 bits per heavy atom. The first-order chi connectivity index (χ1) is 4.95. The van der Waals surface area contributed by atoms with Crippen molar-refractivity contribution in [3.8, 4) is 0 Å². The molecule has 0 rings (SSSR count). The molecular formula is C6H10BrNO3. The number of amides is 1. The number of carboxylic acids is 1. The molecule has 1 amide bonds. The van der Waals surface area contributed by atoms with E-state index in [1.54, 1.807) is 6.92 Å². The van der Waals surface area contributed by atoms with Gasteiger partial charge in [-0.1, -0.05) is 15.9 Å².